The second kappa shape index (κ2) is 7.54. The van der Waals surface area contributed by atoms with E-state index in [0.717, 1.165) is 19.4 Å². The van der Waals surface area contributed by atoms with Gasteiger partial charge in [-0.2, -0.15) is 0 Å². The molecule has 2 aromatic rings. The summed E-state index contributed by atoms with van der Waals surface area (Å²) in [6.45, 7) is 2.73. The summed E-state index contributed by atoms with van der Waals surface area (Å²) in [6, 6.07) is 5.13. The van der Waals surface area contributed by atoms with Crippen molar-refractivity contribution in [1.29, 1.82) is 0 Å². The number of fused-ring (bicyclic) bond motifs is 1. The monoisotopic (exact) mass is 349 g/mol. The molecule has 8 nitrogen and oxygen atoms in total. The van der Waals surface area contributed by atoms with Gasteiger partial charge in [0.15, 0.2) is 5.11 Å². The summed E-state index contributed by atoms with van der Waals surface area (Å²) in [5, 5.41) is 14.7. The third-order valence-electron chi connectivity index (χ3n) is 3.80. The highest BCUT2D eigenvalue weighted by molar-refractivity contribution is 7.80. The fraction of sp³-hybridized carbons (Fsp3) is 0.467. The van der Waals surface area contributed by atoms with Crippen molar-refractivity contribution >= 4 is 34.3 Å². The summed E-state index contributed by atoms with van der Waals surface area (Å²) in [4.78, 5) is 12.8. The van der Waals surface area contributed by atoms with Crippen LogP contribution in [0.3, 0.4) is 0 Å². The lowest BCUT2D eigenvalue weighted by atomic mass is 10.2. The van der Waals surface area contributed by atoms with E-state index in [1.165, 1.54) is 0 Å². The van der Waals surface area contributed by atoms with E-state index in [1.54, 1.807) is 30.3 Å². The number of carbonyl (C=O) groups is 1. The number of thiocarbonyl (C=S) groups is 1. The zero-order valence-electron chi connectivity index (χ0n) is 13.4. The third-order valence-corrected chi connectivity index (χ3v) is 4.16. The highest BCUT2D eigenvalue weighted by Crippen LogP contribution is 2.18. The van der Waals surface area contributed by atoms with Crippen LogP contribution < -0.4 is 5.32 Å². The number of aromatic nitrogens is 2. The Bertz CT molecular complexity index is 735. The number of rotatable bonds is 5. The highest BCUT2D eigenvalue weighted by Gasteiger charge is 2.29. The van der Waals surface area contributed by atoms with Crippen molar-refractivity contribution in [3.05, 3.63) is 23.8 Å². The molecule has 1 aliphatic rings. The maximum atomic E-state index is 12.8. The van der Waals surface area contributed by atoms with E-state index >= 15 is 0 Å². The predicted octanol–water partition coefficient (Wildman–Crippen LogP) is 1.20. The SMILES string of the molecule is COCCCNC(=S)N1CCCN1C(=O)c1ccc2nonc2c1. The van der Waals surface area contributed by atoms with Crippen LogP contribution in [-0.2, 0) is 4.74 Å². The lowest BCUT2D eigenvalue weighted by molar-refractivity contribution is 0.0491. The molecule has 0 spiro atoms. The van der Waals surface area contributed by atoms with Gasteiger partial charge in [-0.25, -0.2) is 9.64 Å². The van der Waals surface area contributed by atoms with Gasteiger partial charge in [0.05, 0.1) is 0 Å². The molecule has 0 unspecified atom stereocenters. The van der Waals surface area contributed by atoms with E-state index in [4.69, 9.17) is 17.0 Å². The number of nitrogens with one attached hydrogen (secondary N) is 1. The van der Waals surface area contributed by atoms with Gasteiger partial charge in [0, 0.05) is 38.9 Å². The Morgan fingerprint density at radius 1 is 1.33 bits per heavy atom. The summed E-state index contributed by atoms with van der Waals surface area (Å²) in [7, 11) is 1.67. The lowest BCUT2D eigenvalue weighted by Crippen LogP contribution is -2.49. The molecule has 3 rings (SSSR count). The highest BCUT2D eigenvalue weighted by atomic mass is 32.1. The molecule has 24 heavy (non-hydrogen) atoms. The zero-order chi connectivity index (χ0) is 16.9. The number of ether oxygens (including phenoxy) is 1. The molecular weight excluding hydrogens is 330 g/mol. The molecule has 128 valence electrons. The van der Waals surface area contributed by atoms with E-state index in [2.05, 4.69) is 20.3 Å². The molecule has 1 aromatic heterocycles. The van der Waals surface area contributed by atoms with Gasteiger partial charge in [0.25, 0.3) is 5.91 Å². The summed E-state index contributed by atoms with van der Waals surface area (Å²) >= 11 is 5.42. The average Bonchev–Trinajstić information content (AvgIpc) is 3.25. The topological polar surface area (TPSA) is 83.7 Å². The zero-order valence-corrected chi connectivity index (χ0v) is 14.2. The Balaban J connectivity index is 1.67. The van der Waals surface area contributed by atoms with Gasteiger partial charge in [-0.15, -0.1) is 0 Å². The fourth-order valence-electron chi connectivity index (χ4n) is 2.60. The van der Waals surface area contributed by atoms with E-state index in [1.807, 2.05) is 5.01 Å². The predicted molar refractivity (Wildman–Crippen MR) is 91.3 cm³/mol. The molecule has 1 fully saturated rings. The number of nitrogens with zero attached hydrogens (tertiary/aromatic N) is 4. The maximum Gasteiger partial charge on any atom is 0.272 e. The molecular formula is C15H19N5O3S. The van der Waals surface area contributed by atoms with Crippen LogP contribution in [0.2, 0.25) is 0 Å². The van der Waals surface area contributed by atoms with Crippen molar-refractivity contribution in [3.63, 3.8) is 0 Å². The Labute approximate surface area is 144 Å². The quantitative estimate of drug-likeness (QED) is 0.637. The Hall–Kier alpha value is -2.26. The number of methoxy groups -OCH3 is 1. The minimum absolute atomic E-state index is 0.113. The van der Waals surface area contributed by atoms with Crippen LogP contribution in [0.15, 0.2) is 22.8 Å². The maximum absolute atomic E-state index is 12.8. The lowest BCUT2D eigenvalue weighted by Gasteiger charge is -2.30. The van der Waals surface area contributed by atoms with E-state index < -0.39 is 0 Å². The van der Waals surface area contributed by atoms with Crippen LogP contribution >= 0.6 is 12.2 Å². The molecule has 1 aliphatic heterocycles. The van der Waals surface area contributed by atoms with Gasteiger partial charge in [-0.3, -0.25) is 9.80 Å². The van der Waals surface area contributed by atoms with Crippen molar-refractivity contribution in [2.45, 2.75) is 12.8 Å². The van der Waals surface area contributed by atoms with E-state index in [9.17, 15) is 4.79 Å². The van der Waals surface area contributed by atoms with E-state index in [-0.39, 0.29) is 5.91 Å². The van der Waals surface area contributed by atoms with Crippen LogP contribution in [0.1, 0.15) is 23.2 Å². The van der Waals surface area contributed by atoms with Gasteiger partial charge < -0.3 is 10.1 Å². The van der Waals surface area contributed by atoms with Crippen LogP contribution in [0.4, 0.5) is 0 Å². The number of hydrogen-bond donors (Lipinski definition) is 1. The smallest absolute Gasteiger partial charge is 0.272 e. The van der Waals surface area contributed by atoms with Crippen molar-refractivity contribution in [3.8, 4) is 0 Å². The molecule has 0 radical (unpaired) electrons. The number of carbonyl (C=O) groups excluding carboxylic acids is 1. The number of hydrazine groups is 1. The van der Waals surface area contributed by atoms with Gasteiger partial charge in [0.1, 0.15) is 11.0 Å². The molecule has 0 atom stereocenters. The number of benzene rings is 1. The van der Waals surface area contributed by atoms with Crippen molar-refractivity contribution in [1.82, 2.24) is 25.6 Å². The number of amides is 1. The molecule has 1 saturated heterocycles. The van der Waals surface area contributed by atoms with Crippen LogP contribution in [0, 0.1) is 0 Å². The molecule has 0 saturated carbocycles. The minimum Gasteiger partial charge on any atom is -0.385 e. The van der Waals surface area contributed by atoms with E-state index in [0.29, 0.717) is 41.4 Å². The summed E-state index contributed by atoms with van der Waals surface area (Å²) in [6.07, 6.45) is 1.73. The van der Waals surface area contributed by atoms with Crippen LogP contribution in [-0.4, -0.2) is 64.7 Å². The summed E-state index contributed by atoms with van der Waals surface area (Å²) in [5.74, 6) is -0.113. The fourth-order valence-corrected chi connectivity index (χ4v) is 2.89. The Morgan fingerprint density at radius 2 is 2.12 bits per heavy atom. The van der Waals surface area contributed by atoms with Crippen LogP contribution in [0.25, 0.3) is 11.0 Å². The standard InChI is InChI=1S/C15H19N5O3S/c1-22-9-2-6-16-15(24)20-8-3-7-19(20)14(21)11-4-5-12-13(10-11)18-23-17-12/h4-5,10H,2-3,6-9H2,1H3,(H,16,24). The first-order valence-electron chi connectivity index (χ1n) is 7.79. The normalized spacial score (nSPS) is 14.4. The van der Waals surface area contributed by atoms with Gasteiger partial charge in [-0.1, -0.05) is 0 Å². The summed E-state index contributed by atoms with van der Waals surface area (Å²) in [5.41, 5.74) is 1.72. The van der Waals surface area contributed by atoms with Crippen molar-refractivity contribution in [2.75, 3.05) is 33.4 Å². The second-order valence-electron chi connectivity index (χ2n) is 5.45. The molecule has 1 N–H and O–H groups in total. The third kappa shape index (κ3) is 3.46. The molecule has 2 heterocycles. The average molecular weight is 349 g/mol. The second-order valence-corrected chi connectivity index (χ2v) is 5.84. The minimum atomic E-state index is -0.113. The number of hydrogen-bond acceptors (Lipinski definition) is 6. The van der Waals surface area contributed by atoms with Crippen molar-refractivity contribution < 1.29 is 14.2 Å². The van der Waals surface area contributed by atoms with Crippen molar-refractivity contribution in [2.24, 2.45) is 0 Å². The Morgan fingerprint density at radius 3 is 2.96 bits per heavy atom. The first-order valence-corrected chi connectivity index (χ1v) is 8.20. The Kier molecular flexibility index (Phi) is 5.21. The van der Waals surface area contributed by atoms with Gasteiger partial charge >= 0.3 is 0 Å². The molecule has 1 aromatic carbocycles. The first kappa shape index (κ1) is 16.6. The molecule has 0 aliphatic carbocycles. The van der Waals surface area contributed by atoms with Gasteiger partial charge in [0.2, 0.25) is 0 Å². The largest absolute Gasteiger partial charge is 0.385 e. The van der Waals surface area contributed by atoms with Gasteiger partial charge in [-0.05, 0) is 53.6 Å². The first-order chi connectivity index (χ1) is 11.7. The molecule has 0 bridgehead atoms. The summed E-state index contributed by atoms with van der Waals surface area (Å²) < 4.78 is 9.69. The van der Waals surface area contributed by atoms with Crippen LogP contribution in [0.5, 0.6) is 0 Å². The molecule has 1 amide bonds. The molecule has 9 heteroatoms.